The second-order valence-electron chi connectivity index (χ2n) is 9.07. The molecular formula is C23H32N6O6S. The molecule has 0 aliphatic rings. The molecule has 5 N–H and O–H groups in total. The summed E-state index contributed by atoms with van der Waals surface area (Å²) in [6, 6.07) is 9.17. The third kappa shape index (κ3) is 8.12. The molecule has 1 heterocycles. The van der Waals surface area contributed by atoms with Crippen LogP contribution in [0.1, 0.15) is 32.0 Å². The zero-order chi connectivity index (χ0) is 27.1. The zero-order valence-corrected chi connectivity index (χ0v) is 21.7. The van der Waals surface area contributed by atoms with Gasteiger partial charge in [-0.25, -0.2) is 8.42 Å². The average molecular weight is 521 g/mol. The Kier molecular flexibility index (Phi) is 9.23. The van der Waals surface area contributed by atoms with Gasteiger partial charge < -0.3 is 20.5 Å². The van der Waals surface area contributed by atoms with Gasteiger partial charge >= 0.3 is 0 Å². The number of benzene rings is 1. The number of nitrogens with one attached hydrogen (secondary N) is 3. The van der Waals surface area contributed by atoms with Gasteiger partial charge in [-0.05, 0) is 48.8 Å². The highest BCUT2D eigenvalue weighted by Gasteiger charge is 2.22. The highest BCUT2D eigenvalue weighted by Crippen LogP contribution is 2.15. The SMILES string of the molecule is Cc1cccc(S(=O)(=O)Nc2ccc(C)n(CC(=O)NCCO/N=C(\N)NC(=O)C(C)(C)C)c2=O)c1. The Labute approximate surface area is 209 Å². The Morgan fingerprint density at radius 2 is 1.83 bits per heavy atom. The van der Waals surface area contributed by atoms with Crippen LogP contribution in [0, 0.1) is 19.3 Å². The highest BCUT2D eigenvalue weighted by atomic mass is 32.2. The number of aromatic nitrogens is 1. The standard InChI is InChI=1S/C23H32N6O6S/c1-15-7-6-8-17(13-15)36(33,34)28-18-10-9-16(2)29(20(18)31)14-19(30)25-11-12-35-27-22(24)26-21(32)23(3,4)5/h6-10,13,28H,11-12,14H2,1-5H3,(H,25,30)(H3,24,26,27,32). The molecule has 0 bridgehead atoms. The first-order valence-corrected chi connectivity index (χ1v) is 12.5. The van der Waals surface area contributed by atoms with Gasteiger partial charge in [-0.1, -0.05) is 32.9 Å². The first-order valence-electron chi connectivity index (χ1n) is 11.0. The number of carbonyl (C=O) groups excluding carboxylic acids is 2. The van der Waals surface area contributed by atoms with Crippen molar-refractivity contribution >= 4 is 33.5 Å². The van der Waals surface area contributed by atoms with Gasteiger partial charge in [-0.2, -0.15) is 0 Å². The number of nitrogens with zero attached hydrogens (tertiary/aromatic N) is 2. The smallest absolute Gasteiger partial charge is 0.275 e. The van der Waals surface area contributed by atoms with Crippen molar-refractivity contribution < 1.29 is 22.8 Å². The van der Waals surface area contributed by atoms with Crippen LogP contribution in [0.4, 0.5) is 5.69 Å². The molecule has 12 nitrogen and oxygen atoms in total. The Morgan fingerprint density at radius 1 is 1.14 bits per heavy atom. The number of aryl methyl sites for hydroxylation is 2. The molecule has 0 aliphatic heterocycles. The maximum Gasteiger partial charge on any atom is 0.275 e. The fraction of sp³-hybridized carbons (Fsp3) is 0.391. The van der Waals surface area contributed by atoms with E-state index in [-0.39, 0.29) is 42.1 Å². The predicted octanol–water partition coefficient (Wildman–Crippen LogP) is 0.791. The lowest BCUT2D eigenvalue weighted by atomic mass is 9.96. The summed E-state index contributed by atoms with van der Waals surface area (Å²) in [7, 11) is -3.99. The summed E-state index contributed by atoms with van der Waals surface area (Å²) in [6.45, 7) is 8.21. The van der Waals surface area contributed by atoms with E-state index >= 15 is 0 Å². The van der Waals surface area contributed by atoms with Gasteiger partial charge in [0, 0.05) is 11.1 Å². The third-order valence-corrected chi connectivity index (χ3v) is 6.20. The summed E-state index contributed by atoms with van der Waals surface area (Å²) in [6.07, 6.45) is 0. The van der Waals surface area contributed by atoms with Crippen LogP contribution < -0.4 is 26.6 Å². The number of pyridine rings is 1. The highest BCUT2D eigenvalue weighted by molar-refractivity contribution is 7.92. The summed E-state index contributed by atoms with van der Waals surface area (Å²) in [4.78, 5) is 42.0. The van der Waals surface area contributed by atoms with Crippen LogP contribution in [-0.2, 0) is 31.0 Å². The van der Waals surface area contributed by atoms with E-state index in [0.717, 1.165) is 10.1 Å². The summed E-state index contributed by atoms with van der Waals surface area (Å²) in [5.74, 6) is -1.04. The van der Waals surface area contributed by atoms with Crippen LogP contribution in [0.5, 0.6) is 0 Å². The zero-order valence-electron chi connectivity index (χ0n) is 20.9. The van der Waals surface area contributed by atoms with Crippen LogP contribution in [-0.4, -0.2) is 43.9 Å². The molecule has 2 aromatic rings. The second kappa shape index (κ2) is 11.7. The van der Waals surface area contributed by atoms with Crippen molar-refractivity contribution in [2.75, 3.05) is 17.9 Å². The number of amides is 2. The summed E-state index contributed by atoms with van der Waals surface area (Å²) >= 11 is 0. The molecule has 0 atom stereocenters. The quantitative estimate of drug-likeness (QED) is 0.164. The van der Waals surface area contributed by atoms with Gasteiger partial charge in [0.05, 0.1) is 11.4 Å². The predicted molar refractivity (Wildman–Crippen MR) is 136 cm³/mol. The van der Waals surface area contributed by atoms with Gasteiger partial charge in [-0.15, -0.1) is 0 Å². The Bertz CT molecular complexity index is 1310. The lowest BCUT2D eigenvalue weighted by Gasteiger charge is -2.16. The normalized spacial score (nSPS) is 12.1. The van der Waals surface area contributed by atoms with Crippen molar-refractivity contribution in [1.82, 2.24) is 15.2 Å². The average Bonchev–Trinajstić information content (AvgIpc) is 2.77. The Morgan fingerprint density at radius 3 is 2.47 bits per heavy atom. The van der Waals surface area contributed by atoms with Gasteiger partial charge in [0.1, 0.15) is 18.8 Å². The molecule has 0 aliphatic carbocycles. The van der Waals surface area contributed by atoms with Crippen molar-refractivity contribution in [2.45, 2.75) is 46.1 Å². The Hall–Kier alpha value is -3.87. The van der Waals surface area contributed by atoms with E-state index in [1.165, 1.54) is 24.3 Å². The fourth-order valence-corrected chi connectivity index (χ4v) is 3.97. The molecule has 0 radical (unpaired) electrons. The number of oxime groups is 1. The number of carbonyl (C=O) groups is 2. The number of rotatable bonds is 9. The number of sulfonamides is 1. The molecule has 1 aromatic heterocycles. The van der Waals surface area contributed by atoms with E-state index in [4.69, 9.17) is 10.6 Å². The van der Waals surface area contributed by atoms with E-state index in [2.05, 4.69) is 20.5 Å². The maximum atomic E-state index is 12.9. The molecule has 36 heavy (non-hydrogen) atoms. The van der Waals surface area contributed by atoms with E-state index in [1.54, 1.807) is 46.8 Å². The third-order valence-electron chi connectivity index (χ3n) is 4.84. The molecule has 0 fully saturated rings. The van der Waals surface area contributed by atoms with Gasteiger partial charge in [0.25, 0.3) is 15.6 Å². The molecule has 2 rings (SSSR count). The maximum absolute atomic E-state index is 12.9. The first-order chi connectivity index (χ1) is 16.7. The lowest BCUT2D eigenvalue weighted by Crippen LogP contribution is -2.43. The summed E-state index contributed by atoms with van der Waals surface area (Å²) < 4.78 is 28.8. The van der Waals surface area contributed by atoms with Crippen molar-refractivity contribution in [3.63, 3.8) is 0 Å². The molecular weight excluding hydrogens is 488 g/mol. The fourth-order valence-electron chi connectivity index (χ4n) is 2.81. The van der Waals surface area contributed by atoms with Gasteiger partial charge in [0.15, 0.2) is 0 Å². The second-order valence-corrected chi connectivity index (χ2v) is 10.7. The van der Waals surface area contributed by atoms with Crippen LogP contribution in [0.3, 0.4) is 0 Å². The minimum atomic E-state index is -3.99. The van der Waals surface area contributed by atoms with Crippen molar-refractivity contribution in [1.29, 1.82) is 0 Å². The van der Waals surface area contributed by atoms with E-state index in [1.807, 2.05) is 0 Å². The van der Waals surface area contributed by atoms with E-state index in [9.17, 15) is 22.8 Å². The van der Waals surface area contributed by atoms with Gasteiger partial charge in [-0.3, -0.25) is 24.4 Å². The summed E-state index contributed by atoms with van der Waals surface area (Å²) in [5.41, 5.74) is 5.30. The van der Waals surface area contributed by atoms with Crippen LogP contribution in [0.2, 0.25) is 0 Å². The molecule has 13 heteroatoms. The molecule has 0 unspecified atom stereocenters. The number of guanidine groups is 1. The molecule has 0 spiro atoms. The number of hydrogen-bond acceptors (Lipinski definition) is 7. The number of nitrogens with two attached hydrogens (primary N) is 1. The van der Waals surface area contributed by atoms with Crippen molar-refractivity contribution in [3.05, 3.63) is 58.0 Å². The van der Waals surface area contributed by atoms with Crippen molar-refractivity contribution in [2.24, 2.45) is 16.3 Å². The first kappa shape index (κ1) is 28.4. The monoisotopic (exact) mass is 520 g/mol. The van der Waals surface area contributed by atoms with Crippen LogP contribution in [0.25, 0.3) is 0 Å². The molecule has 0 saturated carbocycles. The van der Waals surface area contributed by atoms with E-state index < -0.39 is 26.9 Å². The number of anilines is 1. The molecule has 2 amide bonds. The van der Waals surface area contributed by atoms with Gasteiger partial charge in [0.2, 0.25) is 17.8 Å². The molecule has 196 valence electrons. The minimum absolute atomic E-state index is 0.0213. The lowest BCUT2D eigenvalue weighted by molar-refractivity contribution is -0.127. The molecule has 0 saturated heterocycles. The largest absolute Gasteiger partial charge is 0.391 e. The Balaban J connectivity index is 1.96. The topological polar surface area (TPSA) is 174 Å². The van der Waals surface area contributed by atoms with Crippen LogP contribution in [0.15, 0.2) is 51.2 Å². The van der Waals surface area contributed by atoms with Crippen molar-refractivity contribution in [3.8, 4) is 0 Å². The minimum Gasteiger partial charge on any atom is -0.391 e. The van der Waals surface area contributed by atoms with E-state index in [0.29, 0.717) is 5.69 Å². The van der Waals surface area contributed by atoms with Crippen LogP contribution >= 0.6 is 0 Å². The molecule has 1 aromatic carbocycles. The number of hydrogen-bond donors (Lipinski definition) is 4. The summed E-state index contributed by atoms with van der Waals surface area (Å²) in [5, 5.41) is 8.51.